The van der Waals surface area contributed by atoms with Gasteiger partial charge in [0.1, 0.15) is 18.8 Å². The molecule has 4 amide bonds. The van der Waals surface area contributed by atoms with Gasteiger partial charge in [-0.1, -0.05) is 41.4 Å². The second-order valence-corrected chi connectivity index (χ2v) is 9.26. The first-order chi connectivity index (χ1) is 19.1. The number of ether oxygens (including phenoxy) is 2. The lowest BCUT2D eigenvalue weighted by Crippen LogP contribution is -2.38. The monoisotopic (exact) mass is 563 g/mol. The van der Waals surface area contributed by atoms with E-state index < -0.39 is 30.4 Å². The van der Waals surface area contributed by atoms with Gasteiger partial charge in [-0.3, -0.25) is 9.59 Å². The van der Waals surface area contributed by atoms with E-state index in [-0.39, 0.29) is 28.6 Å². The van der Waals surface area contributed by atoms with Gasteiger partial charge in [0.25, 0.3) is 5.91 Å². The fourth-order valence-electron chi connectivity index (χ4n) is 3.89. The Hall–Kier alpha value is -4.83. The van der Waals surface area contributed by atoms with Crippen molar-refractivity contribution < 1.29 is 33.8 Å². The molecule has 0 aromatic heterocycles. The molecule has 1 heterocycles. The van der Waals surface area contributed by atoms with Crippen molar-refractivity contribution in [1.82, 2.24) is 10.2 Å². The second-order valence-electron chi connectivity index (χ2n) is 8.85. The van der Waals surface area contributed by atoms with Crippen molar-refractivity contribution in [3.63, 3.8) is 0 Å². The number of rotatable bonds is 10. The number of halogens is 1. The lowest BCUT2D eigenvalue weighted by Gasteiger charge is -2.15. The quantitative estimate of drug-likeness (QED) is 0.237. The van der Waals surface area contributed by atoms with Crippen LogP contribution in [0.15, 0.2) is 66.4 Å². The van der Waals surface area contributed by atoms with E-state index in [1.807, 2.05) is 19.1 Å². The molecule has 0 spiro atoms. The number of imide groups is 1. The number of carboxylic acids is 1. The third-order valence-electron chi connectivity index (χ3n) is 5.80. The number of anilines is 1. The first-order valence-electron chi connectivity index (χ1n) is 12.3. The van der Waals surface area contributed by atoms with Crippen LogP contribution in [-0.2, 0) is 16.2 Å². The van der Waals surface area contributed by atoms with E-state index >= 15 is 0 Å². The molecular formula is C29H26ClN3O7. The fraction of sp³-hybridized carbons (Fsp3) is 0.172. The number of hydrogen-bond donors (Lipinski definition) is 3. The molecule has 1 saturated heterocycles. The molecule has 0 atom stereocenters. The molecule has 1 aliphatic heterocycles. The van der Waals surface area contributed by atoms with E-state index in [0.717, 1.165) is 10.5 Å². The molecule has 0 bridgehead atoms. The summed E-state index contributed by atoms with van der Waals surface area (Å²) in [5.74, 6) is -1.71. The molecule has 11 heteroatoms. The van der Waals surface area contributed by atoms with E-state index in [4.69, 9.17) is 21.1 Å². The average Bonchev–Trinajstić information content (AvgIpc) is 3.17. The summed E-state index contributed by atoms with van der Waals surface area (Å²) < 4.78 is 11.6. The van der Waals surface area contributed by atoms with Crippen LogP contribution < -0.4 is 20.1 Å². The average molecular weight is 564 g/mol. The molecule has 3 N–H and O–H groups in total. The van der Waals surface area contributed by atoms with Crippen LogP contribution in [-0.4, -0.2) is 47.0 Å². The van der Waals surface area contributed by atoms with Crippen LogP contribution in [0.2, 0.25) is 5.02 Å². The molecule has 206 valence electrons. The first-order valence-corrected chi connectivity index (χ1v) is 12.6. The SMILES string of the molecule is CCOc1cc(/C=C2/NC(=O)N(CC(=O)Nc3ccc(C)cc3)C2=O)cc(Cl)c1OCc1cccc(C(=O)O)c1. The van der Waals surface area contributed by atoms with Gasteiger partial charge in [0.05, 0.1) is 17.2 Å². The third-order valence-corrected chi connectivity index (χ3v) is 6.08. The minimum atomic E-state index is -1.05. The van der Waals surface area contributed by atoms with Gasteiger partial charge in [-0.2, -0.15) is 0 Å². The van der Waals surface area contributed by atoms with Crippen LogP contribution in [0.4, 0.5) is 10.5 Å². The number of amides is 4. The van der Waals surface area contributed by atoms with Crippen molar-refractivity contribution in [2.45, 2.75) is 20.5 Å². The van der Waals surface area contributed by atoms with Crippen LogP contribution in [0.3, 0.4) is 0 Å². The second kappa shape index (κ2) is 12.4. The molecule has 3 aromatic carbocycles. The topological polar surface area (TPSA) is 134 Å². The Labute approximate surface area is 235 Å². The number of benzene rings is 3. The van der Waals surface area contributed by atoms with Gasteiger partial charge >= 0.3 is 12.0 Å². The number of carbonyl (C=O) groups is 4. The van der Waals surface area contributed by atoms with Crippen LogP contribution in [0.1, 0.15) is 34.0 Å². The minimum absolute atomic E-state index is 0.0363. The summed E-state index contributed by atoms with van der Waals surface area (Å²) in [4.78, 5) is 49.9. The molecule has 0 radical (unpaired) electrons. The van der Waals surface area contributed by atoms with Crippen molar-refractivity contribution in [2.75, 3.05) is 18.5 Å². The van der Waals surface area contributed by atoms with Crippen molar-refractivity contribution >= 4 is 47.2 Å². The van der Waals surface area contributed by atoms with Gasteiger partial charge in [-0.15, -0.1) is 0 Å². The number of hydrogen-bond acceptors (Lipinski definition) is 6. The molecule has 3 aromatic rings. The Morgan fingerprint density at radius 1 is 1.07 bits per heavy atom. The highest BCUT2D eigenvalue weighted by Crippen LogP contribution is 2.38. The predicted molar refractivity (Wildman–Crippen MR) is 148 cm³/mol. The summed E-state index contributed by atoms with van der Waals surface area (Å²) in [7, 11) is 0. The van der Waals surface area contributed by atoms with E-state index in [1.165, 1.54) is 24.3 Å². The van der Waals surface area contributed by atoms with Crippen LogP contribution in [0.25, 0.3) is 6.08 Å². The van der Waals surface area contributed by atoms with E-state index in [9.17, 15) is 24.3 Å². The fourth-order valence-corrected chi connectivity index (χ4v) is 4.16. The summed E-state index contributed by atoms with van der Waals surface area (Å²) >= 11 is 6.49. The lowest BCUT2D eigenvalue weighted by molar-refractivity contribution is -0.127. The lowest BCUT2D eigenvalue weighted by atomic mass is 10.1. The van der Waals surface area contributed by atoms with E-state index in [0.29, 0.717) is 29.2 Å². The zero-order chi connectivity index (χ0) is 28.8. The smallest absolute Gasteiger partial charge is 0.335 e. The number of nitrogens with zero attached hydrogens (tertiary/aromatic N) is 1. The van der Waals surface area contributed by atoms with Gasteiger partial charge < -0.3 is 25.2 Å². The summed E-state index contributed by atoms with van der Waals surface area (Å²) in [6.07, 6.45) is 1.42. The highest BCUT2D eigenvalue weighted by Gasteiger charge is 2.35. The predicted octanol–water partition coefficient (Wildman–Crippen LogP) is 4.86. The standard InChI is InChI=1S/C29H26ClN3O7/c1-3-39-24-14-19(12-22(30)26(24)40-16-18-5-4-6-20(11-18)28(36)37)13-23-27(35)33(29(38)32-23)15-25(34)31-21-9-7-17(2)8-10-21/h4-14H,3,15-16H2,1-2H3,(H,31,34)(H,32,38)(H,36,37)/b23-13+. The zero-order valence-electron chi connectivity index (χ0n) is 21.7. The number of aryl methyl sites for hydroxylation is 1. The van der Waals surface area contributed by atoms with Crippen LogP contribution >= 0.6 is 11.6 Å². The van der Waals surface area contributed by atoms with Gasteiger partial charge in [0, 0.05) is 5.69 Å². The summed E-state index contributed by atoms with van der Waals surface area (Å²) in [6.45, 7) is 3.56. The van der Waals surface area contributed by atoms with Crippen molar-refractivity contribution in [1.29, 1.82) is 0 Å². The minimum Gasteiger partial charge on any atom is -0.490 e. The third kappa shape index (κ3) is 6.78. The van der Waals surface area contributed by atoms with Crippen LogP contribution in [0.5, 0.6) is 11.5 Å². The van der Waals surface area contributed by atoms with Crippen molar-refractivity contribution in [3.8, 4) is 11.5 Å². The largest absolute Gasteiger partial charge is 0.490 e. The maximum atomic E-state index is 12.9. The number of carbonyl (C=O) groups excluding carboxylic acids is 3. The number of urea groups is 1. The number of aromatic carboxylic acids is 1. The molecule has 4 rings (SSSR count). The highest BCUT2D eigenvalue weighted by molar-refractivity contribution is 6.32. The maximum absolute atomic E-state index is 12.9. The molecule has 40 heavy (non-hydrogen) atoms. The zero-order valence-corrected chi connectivity index (χ0v) is 22.4. The molecule has 1 fully saturated rings. The van der Waals surface area contributed by atoms with Crippen molar-refractivity contribution in [2.24, 2.45) is 0 Å². The Morgan fingerprint density at radius 2 is 1.82 bits per heavy atom. The number of carboxylic acid groups (broad SMARTS) is 1. The van der Waals surface area contributed by atoms with E-state index in [2.05, 4.69) is 10.6 Å². The highest BCUT2D eigenvalue weighted by atomic mass is 35.5. The Morgan fingerprint density at radius 3 is 2.52 bits per heavy atom. The molecule has 0 aliphatic carbocycles. The Balaban J connectivity index is 1.49. The normalized spacial score (nSPS) is 13.8. The van der Waals surface area contributed by atoms with Crippen molar-refractivity contribution in [3.05, 3.63) is 93.6 Å². The molecule has 10 nitrogen and oxygen atoms in total. The van der Waals surface area contributed by atoms with Gasteiger partial charge in [0.2, 0.25) is 5.91 Å². The van der Waals surface area contributed by atoms with Gasteiger partial charge in [-0.05, 0) is 67.4 Å². The summed E-state index contributed by atoms with van der Waals surface area (Å²) in [6, 6.07) is 15.8. The molecule has 0 saturated carbocycles. The molecular weight excluding hydrogens is 538 g/mol. The number of nitrogens with one attached hydrogen (secondary N) is 2. The van der Waals surface area contributed by atoms with Crippen LogP contribution in [0, 0.1) is 6.92 Å². The van der Waals surface area contributed by atoms with Gasteiger partial charge in [-0.25, -0.2) is 14.5 Å². The molecule has 0 unspecified atom stereocenters. The first kappa shape index (κ1) is 28.2. The summed E-state index contributed by atoms with van der Waals surface area (Å²) in [5, 5.41) is 14.5. The van der Waals surface area contributed by atoms with E-state index in [1.54, 1.807) is 37.3 Å². The Bertz CT molecular complexity index is 1500. The Kier molecular flexibility index (Phi) is 8.70. The maximum Gasteiger partial charge on any atom is 0.335 e. The molecule has 1 aliphatic rings. The van der Waals surface area contributed by atoms with Gasteiger partial charge in [0.15, 0.2) is 11.5 Å². The summed E-state index contributed by atoms with van der Waals surface area (Å²) in [5.41, 5.74) is 2.74.